The van der Waals surface area contributed by atoms with Gasteiger partial charge >= 0.3 is 12.1 Å². The number of benzene rings is 1. The van der Waals surface area contributed by atoms with E-state index in [1.165, 1.54) is 12.0 Å². The van der Waals surface area contributed by atoms with Crippen LogP contribution in [0, 0.1) is 11.8 Å². The highest BCUT2D eigenvalue weighted by atomic mass is 35.5. The number of carboxylic acid groups (broad SMARTS) is 1. The molecule has 2 atom stereocenters. The number of rotatable bonds is 4. The van der Waals surface area contributed by atoms with Gasteiger partial charge in [-0.1, -0.05) is 23.7 Å². The number of carbonyl (C=O) groups is 2. The summed E-state index contributed by atoms with van der Waals surface area (Å²) in [6, 6.07) is 8.42. The molecule has 1 aromatic heterocycles. The van der Waals surface area contributed by atoms with Crippen molar-refractivity contribution in [3.8, 4) is 0 Å². The summed E-state index contributed by atoms with van der Waals surface area (Å²) in [5.41, 5.74) is 1.25. The predicted molar refractivity (Wildman–Crippen MR) is 116 cm³/mol. The summed E-state index contributed by atoms with van der Waals surface area (Å²) >= 11 is 6.12. The fraction of sp³-hybridized carbons (Fsp3) is 0.545. The molecule has 1 amide bonds. The zero-order valence-corrected chi connectivity index (χ0v) is 19.0. The van der Waals surface area contributed by atoms with Crippen LogP contribution in [0.1, 0.15) is 41.3 Å². The molecule has 34 heavy (non-hydrogen) atoms. The van der Waals surface area contributed by atoms with Crippen LogP contribution in [0.25, 0.3) is 0 Å². The minimum absolute atomic E-state index is 0.0642. The molecule has 8 nitrogen and oxygen atoms in total. The number of amides is 1. The van der Waals surface area contributed by atoms with E-state index in [2.05, 4.69) is 31.0 Å². The lowest BCUT2D eigenvalue weighted by atomic mass is 9.89. The third-order valence-corrected chi connectivity index (χ3v) is 6.76. The van der Waals surface area contributed by atoms with E-state index in [9.17, 15) is 18.0 Å². The molecular formula is C22H25ClF3N5O3. The van der Waals surface area contributed by atoms with E-state index in [-0.39, 0.29) is 5.91 Å². The van der Waals surface area contributed by atoms with Gasteiger partial charge in [0, 0.05) is 43.7 Å². The largest absolute Gasteiger partial charge is 0.490 e. The molecule has 0 radical (unpaired) electrons. The van der Waals surface area contributed by atoms with Crippen molar-refractivity contribution in [2.75, 3.05) is 13.1 Å². The number of hydrogen-bond donors (Lipinski definition) is 2. The van der Waals surface area contributed by atoms with Crippen molar-refractivity contribution < 1.29 is 27.9 Å². The number of fused-ring (bicyclic) bond motifs is 2. The Morgan fingerprint density at radius 2 is 1.85 bits per heavy atom. The molecule has 1 aliphatic carbocycles. The molecule has 1 saturated carbocycles. The minimum Gasteiger partial charge on any atom is -0.475 e. The molecule has 184 valence electrons. The monoisotopic (exact) mass is 499 g/mol. The summed E-state index contributed by atoms with van der Waals surface area (Å²) in [7, 11) is 0. The van der Waals surface area contributed by atoms with E-state index in [0.717, 1.165) is 56.3 Å². The third-order valence-electron chi connectivity index (χ3n) is 6.52. The maximum Gasteiger partial charge on any atom is 0.490 e. The number of nitrogens with one attached hydrogen (secondary N) is 1. The molecule has 12 heteroatoms. The van der Waals surface area contributed by atoms with Gasteiger partial charge in [-0.3, -0.25) is 9.69 Å². The molecule has 3 heterocycles. The summed E-state index contributed by atoms with van der Waals surface area (Å²) in [6.45, 7) is 3.86. The predicted octanol–water partition coefficient (Wildman–Crippen LogP) is 3.15. The molecule has 3 aliphatic rings. The highest BCUT2D eigenvalue weighted by Gasteiger charge is 2.39. The van der Waals surface area contributed by atoms with Crippen LogP contribution in [0.15, 0.2) is 24.3 Å². The van der Waals surface area contributed by atoms with Gasteiger partial charge in [-0.15, -0.1) is 10.2 Å². The number of likely N-dealkylation sites (tertiary alicyclic amines) is 1. The fourth-order valence-corrected chi connectivity index (χ4v) is 4.83. The van der Waals surface area contributed by atoms with E-state index in [4.69, 9.17) is 21.5 Å². The molecule has 5 rings (SSSR count). The van der Waals surface area contributed by atoms with Gasteiger partial charge in [0.05, 0.1) is 0 Å². The van der Waals surface area contributed by atoms with Crippen LogP contribution in [0.3, 0.4) is 0 Å². The summed E-state index contributed by atoms with van der Waals surface area (Å²) < 4.78 is 33.8. The first-order valence-electron chi connectivity index (χ1n) is 11.1. The topological polar surface area (TPSA) is 100 Å². The van der Waals surface area contributed by atoms with Crippen molar-refractivity contribution in [3.05, 3.63) is 46.5 Å². The van der Waals surface area contributed by atoms with Gasteiger partial charge < -0.3 is 15.0 Å². The van der Waals surface area contributed by atoms with Gasteiger partial charge in [0.25, 0.3) is 5.91 Å². The van der Waals surface area contributed by atoms with Crippen LogP contribution in [-0.2, 0) is 24.3 Å². The molecule has 1 aromatic carbocycles. The summed E-state index contributed by atoms with van der Waals surface area (Å²) in [5, 5.41) is 19.5. The Bertz CT molecular complexity index is 1060. The molecule has 2 aromatic rings. The molecule has 2 fully saturated rings. The Morgan fingerprint density at radius 3 is 2.47 bits per heavy atom. The highest BCUT2D eigenvalue weighted by molar-refractivity contribution is 6.30. The van der Waals surface area contributed by atoms with Gasteiger partial charge in [-0.05, 0) is 48.8 Å². The van der Waals surface area contributed by atoms with Crippen molar-refractivity contribution >= 4 is 23.5 Å². The normalized spacial score (nSPS) is 22.1. The number of nitrogens with zero attached hydrogens (tertiary/aromatic N) is 4. The molecule has 2 aliphatic heterocycles. The van der Waals surface area contributed by atoms with Gasteiger partial charge in [-0.25, -0.2) is 4.79 Å². The van der Waals surface area contributed by atoms with Crippen LogP contribution >= 0.6 is 11.6 Å². The highest BCUT2D eigenvalue weighted by Crippen LogP contribution is 2.33. The number of halogens is 4. The first-order chi connectivity index (χ1) is 16.1. The molecule has 1 saturated heterocycles. The van der Waals surface area contributed by atoms with Gasteiger partial charge in [-0.2, -0.15) is 13.2 Å². The second-order valence-electron chi connectivity index (χ2n) is 9.00. The first kappa shape index (κ1) is 24.5. The van der Waals surface area contributed by atoms with Crippen molar-refractivity contribution in [2.45, 2.75) is 51.0 Å². The third kappa shape index (κ3) is 5.69. The van der Waals surface area contributed by atoms with Crippen molar-refractivity contribution in [2.24, 2.45) is 11.8 Å². The Morgan fingerprint density at radius 1 is 1.15 bits per heavy atom. The fourth-order valence-electron chi connectivity index (χ4n) is 4.61. The van der Waals surface area contributed by atoms with E-state index in [0.29, 0.717) is 23.7 Å². The SMILES string of the molecule is O=C(NC1CCC1)c1nnc2n1CC1CN(Cc3cccc(Cl)c3)CC1C2.O=C(O)C(F)(F)F. The lowest BCUT2D eigenvalue weighted by Crippen LogP contribution is -2.41. The van der Waals surface area contributed by atoms with Crippen LogP contribution in [-0.4, -0.2) is 62.0 Å². The zero-order chi connectivity index (χ0) is 24.5. The number of carboxylic acids is 1. The Balaban J connectivity index is 0.000000344. The number of aromatic nitrogens is 3. The van der Waals surface area contributed by atoms with E-state index >= 15 is 0 Å². The molecule has 0 bridgehead atoms. The molecule has 2 unspecified atom stereocenters. The van der Waals surface area contributed by atoms with Crippen molar-refractivity contribution in [1.29, 1.82) is 0 Å². The van der Waals surface area contributed by atoms with Crippen molar-refractivity contribution in [3.63, 3.8) is 0 Å². The van der Waals surface area contributed by atoms with Crippen LogP contribution in [0.4, 0.5) is 13.2 Å². The quantitative estimate of drug-likeness (QED) is 0.670. The lowest BCUT2D eigenvalue weighted by Gasteiger charge is -2.28. The maximum atomic E-state index is 12.6. The van der Waals surface area contributed by atoms with E-state index in [1.54, 1.807) is 0 Å². The van der Waals surface area contributed by atoms with Crippen LogP contribution in [0.2, 0.25) is 5.02 Å². The van der Waals surface area contributed by atoms with Crippen LogP contribution in [0.5, 0.6) is 0 Å². The smallest absolute Gasteiger partial charge is 0.475 e. The van der Waals surface area contributed by atoms with Crippen molar-refractivity contribution in [1.82, 2.24) is 25.0 Å². The second kappa shape index (κ2) is 9.91. The average Bonchev–Trinajstić information content (AvgIpc) is 3.31. The second-order valence-corrected chi connectivity index (χ2v) is 9.44. The van der Waals surface area contributed by atoms with E-state index < -0.39 is 12.1 Å². The number of carbonyl (C=O) groups excluding carboxylic acids is 1. The van der Waals surface area contributed by atoms with Gasteiger partial charge in [0.2, 0.25) is 5.82 Å². The van der Waals surface area contributed by atoms with Gasteiger partial charge in [0.15, 0.2) is 0 Å². The maximum absolute atomic E-state index is 12.6. The standard InChI is InChI=1S/C20H24ClN5O.C2HF3O2/c21-16-4-1-3-13(7-16)9-25-10-14-8-18-23-24-19(26(18)12-15(14)11-25)20(27)22-17-5-2-6-17;3-2(4,5)1(6)7/h1,3-4,7,14-15,17H,2,5-6,8-12H2,(H,22,27);(H,6,7). The Labute approximate surface area is 199 Å². The Kier molecular flexibility index (Phi) is 7.13. The molecule has 0 spiro atoms. The summed E-state index contributed by atoms with van der Waals surface area (Å²) in [4.78, 5) is 23.9. The number of aliphatic carboxylic acids is 1. The molecule has 2 N–H and O–H groups in total. The minimum atomic E-state index is -5.08. The number of alkyl halides is 3. The van der Waals surface area contributed by atoms with Crippen LogP contribution < -0.4 is 5.32 Å². The average molecular weight is 500 g/mol. The van der Waals surface area contributed by atoms with E-state index in [1.807, 2.05) is 18.2 Å². The first-order valence-corrected chi connectivity index (χ1v) is 11.5. The lowest BCUT2D eigenvalue weighted by molar-refractivity contribution is -0.192. The number of hydrogen-bond acceptors (Lipinski definition) is 5. The zero-order valence-electron chi connectivity index (χ0n) is 18.3. The van der Waals surface area contributed by atoms with Gasteiger partial charge in [0.1, 0.15) is 5.82 Å². The summed E-state index contributed by atoms with van der Waals surface area (Å²) in [6.07, 6.45) is -0.818. The molecular weight excluding hydrogens is 475 g/mol. The Hall–Kier alpha value is -2.66. The summed E-state index contributed by atoms with van der Waals surface area (Å²) in [5.74, 6) is -0.243.